The summed E-state index contributed by atoms with van der Waals surface area (Å²) in [5, 5.41) is 0.464. The van der Waals surface area contributed by atoms with Gasteiger partial charge < -0.3 is 4.90 Å². The normalized spacial score (nSPS) is 11.8. The van der Waals surface area contributed by atoms with Gasteiger partial charge in [-0.25, -0.2) is 0 Å². The van der Waals surface area contributed by atoms with E-state index in [1.165, 1.54) is 167 Å². The van der Waals surface area contributed by atoms with Crippen LogP contribution in [0.15, 0.2) is 24.3 Å². The lowest BCUT2D eigenvalue weighted by Crippen LogP contribution is -2.33. The topological polar surface area (TPSA) is 20.3 Å². The number of carbonyl (C=O) groups is 1. The number of amides is 1. The maximum absolute atomic E-state index is 12.4. The van der Waals surface area contributed by atoms with Crippen molar-refractivity contribution in [2.75, 3.05) is 18.4 Å². The Morgan fingerprint density at radius 3 is 1.00 bits per heavy atom. The molecule has 0 aromatic rings. The molecule has 41 heavy (non-hydrogen) atoms. The lowest BCUT2D eigenvalue weighted by atomic mass is 10.1. The molecular weight excluding hydrogens is 566 g/mol. The van der Waals surface area contributed by atoms with E-state index in [0.717, 1.165) is 25.9 Å². The standard InChI is InChI=1S/C38H72BrNO/c1-3-5-7-9-11-13-15-17-19-21-23-25-27-29-31-33-35-40(38(41)37-39)36-34-32-30-28-26-24-22-20-18-16-14-12-10-8-6-4-2/h17-20H,3-16,21-37H2,1-2H3. The Bertz CT molecular complexity index is 531. The fraction of sp³-hybridized carbons (Fsp3) is 0.868. The third-order valence-corrected chi connectivity index (χ3v) is 8.83. The van der Waals surface area contributed by atoms with Gasteiger partial charge in [0, 0.05) is 13.1 Å². The molecule has 0 aliphatic carbocycles. The Balaban J connectivity index is 3.57. The Morgan fingerprint density at radius 1 is 0.439 bits per heavy atom. The number of allylic oxidation sites excluding steroid dienone is 4. The molecule has 2 nitrogen and oxygen atoms in total. The molecule has 0 N–H and O–H groups in total. The van der Waals surface area contributed by atoms with E-state index in [1.807, 2.05) is 0 Å². The van der Waals surface area contributed by atoms with Crippen LogP contribution in [-0.2, 0) is 4.79 Å². The number of hydrogen-bond donors (Lipinski definition) is 0. The zero-order chi connectivity index (χ0) is 29.9. The summed E-state index contributed by atoms with van der Waals surface area (Å²) in [5.74, 6) is 0.269. The van der Waals surface area contributed by atoms with E-state index in [4.69, 9.17) is 0 Å². The molecule has 0 atom stereocenters. The van der Waals surface area contributed by atoms with Crippen LogP contribution in [0.5, 0.6) is 0 Å². The summed E-state index contributed by atoms with van der Waals surface area (Å²) >= 11 is 3.39. The van der Waals surface area contributed by atoms with Crippen LogP contribution in [0.4, 0.5) is 0 Å². The number of rotatable bonds is 33. The average Bonchev–Trinajstić information content (AvgIpc) is 2.99. The van der Waals surface area contributed by atoms with Crippen LogP contribution in [-0.4, -0.2) is 29.2 Å². The van der Waals surface area contributed by atoms with Gasteiger partial charge in [0.1, 0.15) is 0 Å². The van der Waals surface area contributed by atoms with E-state index < -0.39 is 0 Å². The minimum absolute atomic E-state index is 0.269. The smallest absolute Gasteiger partial charge is 0.233 e. The van der Waals surface area contributed by atoms with Gasteiger partial charge in [0.25, 0.3) is 0 Å². The summed E-state index contributed by atoms with van der Waals surface area (Å²) in [4.78, 5) is 14.5. The van der Waals surface area contributed by atoms with Crippen LogP contribution in [0.1, 0.15) is 194 Å². The largest absolute Gasteiger partial charge is 0.342 e. The van der Waals surface area contributed by atoms with Crippen molar-refractivity contribution >= 4 is 21.8 Å². The highest BCUT2D eigenvalue weighted by Crippen LogP contribution is 2.13. The van der Waals surface area contributed by atoms with Gasteiger partial charge in [-0.1, -0.05) is 170 Å². The number of carbonyl (C=O) groups excluding carboxylic acids is 1. The monoisotopic (exact) mass is 637 g/mol. The highest BCUT2D eigenvalue weighted by molar-refractivity contribution is 9.09. The molecule has 0 aromatic heterocycles. The fourth-order valence-electron chi connectivity index (χ4n) is 5.55. The SMILES string of the molecule is CCCCCCCCC=CCCCCCCCCN(CCCCCCCCC=CCCCCCCCC)C(=O)CBr. The number of nitrogens with zero attached hydrogens (tertiary/aromatic N) is 1. The molecule has 0 radical (unpaired) electrons. The van der Waals surface area contributed by atoms with Gasteiger partial charge >= 0.3 is 0 Å². The second-order valence-corrected chi connectivity index (χ2v) is 13.0. The Labute approximate surface area is 267 Å². The van der Waals surface area contributed by atoms with E-state index in [2.05, 4.69) is 59.0 Å². The van der Waals surface area contributed by atoms with E-state index >= 15 is 0 Å². The maximum atomic E-state index is 12.4. The average molecular weight is 639 g/mol. The molecule has 242 valence electrons. The van der Waals surface area contributed by atoms with Gasteiger partial charge in [-0.05, 0) is 64.2 Å². The minimum Gasteiger partial charge on any atom is -0.342 e. The van der Waals surface area contributed by atoms with Crippen LogP contribution in [0, 0.1) is 0 Å². The summed E-state index contributed by atoms with van der Waals surface area (Å²) in [6.07, 6.45) is 46.9. The van der Waals surface area contributed by atoms with E-state index in [9.17, 15) is 4.79 Å². The van der Waals surface area contributed by atoms with Crippen molar-refractivity contribution in [1.82, 2.24) is 4.90 Å². The molecule has 0 unspecified atom stereocenters. The van der Waals surface area contributed by atoms with Gasteiger partial charge in [-0.2, -0.15) is 0 Å². The van der Waals surface area contributed by atoms with Gasteiger partial charge in [-0.3, -0.25) is 4.79 Å². The van der Waals surface area contributed by atoms with Crippen molar-refractivity contribution in [2.45, 2.75) is 194 Å². The van der Waals surface area contributed by atoms with E-state index in [0.29, 0.717) is 5.33 Å². The third-order valence-electron chi connectivity index (χ3n) is 8.35. The van der Waals surface area contributed by atoms with Gasteiger partial charge in [0.05, 0.1) is 5.33 Å². The number of halogens is 1. The van der Waals surface area contributed by atoms with Crippen molar-refractivity contribution < 1.29 is 4.79 Å². The second-order valence-electron chi connectivity index (χ2n) is 12.4. The highest BCUT2D eigenvalue weighted by atomic mass is 79.9. The van der Waals surface area contributed by atoms with Gasteiger partial charge in [0.15, 0.2) is 0 Å². The molecule has 0 bridgehead atoms. The molecule has 0 spiro atoms. The molecule has 0 saturated carbocycles. The van der Waals surface area contributed by atoms with Crippen molar-refractivity contribution in [2.24, 2.45) is 0 Å². The first kappa shape index (κ1) is 40.4. The number of unbranched alkanes of at least 4 members (excludes halogenated alkanes) is 24. The molecule has 0 aliphatic rings. The zero-order valence-electron chi connectivity index (χ0n) is 28.0. The van der Waals surface area contributed by atoms with Crippen molar-refractivity contribution in [1.29, 1.82) is 0 Å². The lowest BCUT2D eigenvalue weighted by Gasteiger charge is -2.22. The summed E-state index contributed by atoms with van der Waals surface area (Å²) in [6.45, 7) is 6.45. The van der Waals surface area contributed by atoms with Crippen LogP contribution in [0.3, 0.4) is 0 Å². The van der Waals surface area contributed by atoms with Crippen molar-refractivity contribution in [3.8, 4) is 0 Å². The summed E-state index contributed by atoms with van der Waals surface area (Å²) in [5.41, 5.74) is 0. The first-order chi connectivity index (χ1) is 20.3. The Hall–Kier alpha value is -0.570. The molecule has 0 saturated heterocycles. The highest BCUT2D eigenvalue weighted by Gasteiger charge is 2.11. The molecule has 0 heterocycles. The first-order valence-electron chi connectivity index (χ1n) is 18.4. The van der Waals surface area contributed by atoms with Gasteiger partial charge in [0.2, 0.25) is 5.91 Å². The Kier molecular flexibility index (Phi) is 35.1. The molecular formula is C38H72BrNO. The Morgan fingerprint density at radius 2 is 0.707 bits per heavy atom. The minimum atomic E-state index is 0.269. The van der Waals surface area contributed by atoms with Gasteiger partial charge in [-0.15, -0.1) is 0 Å². The molecule has 0 fully saturated rings. The molecule has 0 aliphatic heterocycles. The van der Waals surface area contributed by atoms with E-state index in [1.54, 1.807) is 0 Å². The van der Waals surface area contributed by atoms with Crippen LogP contribution in [0.2, 0.25) is 0 Å². The van der Waals surface area contributed by atoms with Crippen molar-refractivity contribution in [3.05, 3.63) is 24.3 Å². The zero-order valence-corrected chi connectivity index (χ0v) is 29.5. The second kappa shape index (κ2) is 35.6. The van der Waals surface area contributed by atoms with Crippen molar-refractivity contribution in [3.63, 3.8) is 0 Å². The number of alkyl halides is 1. The van der Waals surface area contributed by atoms with Crippen LogP contribution < -0.4 is 0 Å². The van der Waals surface area contributed by atoms with E-state index in [-0.39, 0.29) is 5.91 Å². The summed E-state index contributed by atoms with van der Waals surface area (Å²) < 4.78 is 0. The maximum Gasteiger partial charge on any atom is 0.233 e. The lowest BCUT2D eigenvalue weighted by molar-refractivity contribution is -0.128. The molecule has 0 rings (SSSR count). The quantitative estimate of drug-likeness (QED) is 0.0398. The van der Waals surface area contributed by atoms with Crippen LogP contribution in [0.25, 0.3) is 0 Å². The number of hydrogen-bond acceptors (Lipinski definition) is 1. The summed E-state index contributed by atoms with van der Waals surface area (Å²) in [7, 11) is 0. The first-order valence-corrected chi connectivity index (χ1v) is 19.5. The third kappa shape index (κ3) is 32.2. The van der Waals surface area contributed by atoms with Crippen LogP contribution >= 0.6 is 15.9 Å². The molecule has 0 aromatic carbocycles. The fourth-order valence-corrected chi connectivity index (χ4v) is 5.90. The molecule has 1 amide bonds. The summed E-state index contributed by atoms with van der Waals surface area (Å²) in [6, 6.07) is 0. The predicted molar refractivity (Wildman–Crippen MR) is 189 cm³/mol. The molecule has 3 heteroatoms. The predicted octanol–water partition coefficient (Wildman–Crippen LogP) is 13.3.